The Hall–Kier alpha value is -1.56. The molecule has 33 heavy (non-hydrogen) atoms. The molecule has 1 aromatic rings. The van der Waals surface area contributed by atoms with Gasteiger partial charge in [-0.05, 0) is 106 Å². The molecule has 1 heterocycles. The molecule has 1 aromatic heterocycles. The van der Waals surface area contributed by atoms with E-state index in [-0.39, 0.29) is 29.4 Å². The van der Waals surface area contributed by atoms with Gasteiger partial charge in [-0.15, -0.1) is 5.10 Å². The molecule has 0 radical (unpaired) electrons. The Labute approximate surface area is 197 Å². The van der Waals surface area contributed by atoms with E-state index in [0.717, 1.165) is 49.9 Å². The van der Waals surface area contributed by atoms with E-state index < -0.39 is 5.60 Å². The summed E-state index contributed by atoms with van der Waals surface area (Å²) in [5, 5.41) is 18.7. The van der Waals surface area contributed by atoms with Crippen LogP contribution in [0.5, 0.6) is 0 Å². The van der Waals surface area contributed by atoms with Crippen LogP contribution in [0.2, 0.25) is 0 Å². The maximum absolute atomic E-state index is 13.4. The van der Waals surface area contributed by atoms with Crippen molar-refractivity contribution in [2.75, 3.05) is 0 Å². The highest BCUT2D eigenvalue weighted by Crippen LogP contribution is 2.64. The number of aromatic nitrogens is 3. The van der Waals surface area contributed by atoms with Gasteiger partial charge in [0.15, 0.2) is 11.6 Å². The van der Waals surface area contributed by atoms with Crippen molar-refractivity contribution in [3.63, 3.8) is 0 Å². The molecule has 0 unspecified atom stereocenters. The smallest absolute Gasteiger partial charge is 0.184 e. The van der Waals surface area contributed by atoms with E-state index in [1.54, 1.807) is 10.9 Å². The van der Waals surface area contributed by atoms with E-state index in [9.17, 15) is 14.7 Å². The van der Waals surface area contributed by atoms with Crippen LogP contribution in [-0.2, 0) is 11.3 Å². The van der Waals surface area contributed by atoms with Gasteiger partial charge in [0.2, 0.25) is 0 Å². The number of aliphatic hydroxyl groups is 1. The number of hydrogen-bond donors (Lipinski definition) is 1. The van der Waals surface area contributed by atoms with Gasteiger partial charge < -0.3 is 5.11 Å². The Kier molecular flexibility index (Phi) is 6.03. The summed E-state index contributed by atoms with van der Waals surface area (Å²) in [7, 11) is 0. The molecule has 5 rings (SSSR count). The van der Waals surface area contributed by atoms with Gasteiger partial charge in [-0.2, -0.15) is 0 Å². The van der Waals surface area contributed by atoms with E-state index in [1.165, 1.54) is 32.1 Å². The van der Waals surface area contributed by atoms with Crippen LogP contribution < -0.4 is 0 Å². The lowest BCUT2D eigenvalue weighted by molar-refractivity contribution is -0.133. The number of Topliss-reactive ketones (excluding diaryl/α,β-unsaturated/α-hetero) is 2. The first kappa shape index (κ1) is 23.2. The van der Waals surface area contributed by atoms with Crippen LogP contribution in [-0.4, -0.2) is 37.3 Å². The van der Waals surface area contributed by atoms with Gasteiger partial charge in [-0.1, -0.05) is 19.1 Å². The van der Waals surface area contributed by atoms with Crippen molar-refractivity contribution in [2.24, 2.45) is 40.9 Å². The van der Waals surface area contributed by atoms with Crippen molar-refractivity contribution in [2.45, 2.75) is 104 Å². The van der Waals surface area contributed by atoms with Gasteiger partial charge in [0, 0.05) is 12.3 Å². The third-order valence-corrected chi connectivity index (χ3v) is 10.2. The zero-order chi connectivity index (χ0) is 23.4. The minimum atomic E-state index is -0.468. The molecule has 0 spiro atoms. The van der Waals surface area contributed by atoms with Crippen LogP contribution in [0.4, 0.5) is 0 Å². The quantitative estimate of drug-likeness (QED) is 0.620. The van der Waals surface area contributed by atoms with Crippen LogP contribution in [0.25, 0.3) is 0 Å². The van der Waals surface area contributed by atoms with Crippen LogP contribution in [0, 0.1) is 40.9 Å². The van der Waals surface area contributed by atoms with Gasteiger partial charge in [0.1, 0.15) is 12.2 Å². The van der Waals surface area contributed by atoms with E-state index in [1.807, 2.05) is 13.8 Å². The van der Waals surface area contributed by atoms with Gasteiger partial charge in [0.25, 0.3) is 0 Å². The Morgan fingerprint density at radius 3 is 2.64 bits per heavy atom. The monoisotopic (exact) mass is 455 g/mol. The molecular formula is C27H41N3O3. The van der Waals surface area contributed by atoms with Gasteiger partial charge in [-0.25, -0.2) is 4.68 Å². The van der Waals surface area contributed by atoms with E-state index in [0.29, 0.717) is 24.0 Å². The zero-order valence-corrected chi connectivity index (χ0v) is 20.6. The molecule has 182 valence electrons. The summed E-state index contributed by atoms with van der Waals surface area (Å²) >= 11 is 0. The number of nitrogens with zero attached hydrogens (tertiary/aromatic N) is 3. The Bertz CT molecular complexity index is 908. The van der Waals surface area contributed by atoms with Gasteiger partial charge in [-0.3, -0.25) is 9.59 Å². The van der Waals surface area contributed by atoms with Crippen molar-refractivity contribution in [3.05, 3.63) is 11.9 Å². The average Bonchev–Trinajstić information content (AvgIpc) is 3.37. The summed E-state index contributed by atoms with van der Waals surface area (Å²) in [5.74, 6) is 4.00. The molecular weight excluding hydrogens is 414 g/mol. The number of fused-ring (bicyclic) bond motifs is 5. The lowest BCUT2D eigenvalue weighted by atomic mass is 9.49. The first-order valence-corrected chi connectivity index (χ1v) is 13.4. The lowest BCUT2D eigenvalue weighted by Gasteiger charge is -2.56. The summed E-state index contributed by atoms with van der Waals surface area (Å²) < 4.78 is 1.58. The van der Waals surface area contributed by atoms with Gasteiger partial charge >= 0.3 is 0 Å². The number of carbonyl (C=O) groups is 2. The first-order valence-electron chi connectivity index (χ1n) is 13.4. The maximum Gasteiger partial charge on any atom is 0.184 e. The molecule has 8 atom stereocenters. The van der Waals surface area contributed by atoms with Crippen molar-refractivity contribution < 1.29 is 14.7 Å². The highest BCUT2D eigenvalue weighted by Gasteiger charge is 2.58. The maximum atomic E-state index is 13.4. The summed E-state index contributed by atoms with van der Waals surface area (Å²) in [6.07, 6.45) is 13.1. The van der Waals surface area contributed by atoms with Crippen LogP contribution >= 0.6 is 0 Å². The minimum Gasteiger partial charge on any atom is -0.390 e. The first-order chi connectivity index (χ1) is 15.7. The van der Waals surface area contributed by atoms with E-state index in [4.69, 9.17) is 0 Å². The number of rotatable bonds is 6. The summed E-state index contributed by atoms with van der Waals surface area (Å²) in [4.78, 5) is 25.5. The highest BCUT2D eigenvalue weighted by atomic mass is 16.3. The largest absolute Gasteiger partial charge is 0.390 e. The highest BCUT2D eigenvalue weighted by molar-refractivity contribution is 5.93. The van der Waals surface area contributed by atoms with Crippen molar-refractivity contribution in [1.29, 1.82) is 0 Å². The van der Waals surface area contributed by atoms with Crippen molar-refractivity contribution in [1.82, 2.24) is 15.0 Å². The summed E-state index contributed by atoms with van der Waals surface area (Å²) in [5.41, 5.74) is 0.000743. The third kappa shape index (κ3) is 4.11. The number of ketones is 2. The molecule has 0 aromatic carbocycles. The molecule has 0 saturated heterocycles. The molecule has 0 amide bonds. The zero-order valence-electron chi connectivity index (χ0n) is 20.6. The van der Waals surface area contributed by atoms with Crippen molar-refractivity contribution in [3.8, 4) is 0 Å². The number of hydrogen-bond acceptors (Lipinski definition) is 5. The standard InChI is InChI=1S/C27H41N3O3/c1-4-5-24(31)23-15-30(29-28-23)16-25(32)22-9-8-21-20-7-6-17-14-26(2,33)12-10-18(17)19(20)11-13-27(21,22)3/h15,17-22,33H,4-14,16H2,1-3H3/t17-,18+,19-,20-,21+,22-,26-,27+/m1/s1. The fourth-order valence-electron chi connectivity index (χ4n) is 8.74. The second-order valence-electron chi connectivity index (χ2n) is 12.3. The molecule has 4 saturated carbocycles. The average molecular weight is 456 g/mol. The Balaban J connectivity index is 1.26. The normalized spacial score (nSPS) is 42.3. The Morgan fingerprint density at radius 1 is 1.06 bits per heavy atom. The molecule has 0 aliphatic heterocycles. The summed E-state index contributed by atoms with van der Waals surface area (Å²) in [6, 6.07) is 0. The molecule has 4 fully saturated rings. The number of carbonyl (C=O) groups excluding carboxylic acids is 2. The molecule has 4 aliphatic carbocycles. The van der Waals surface area contributed by atoms with Gasteiger partial charge in [0.05, 0.1) is 11.8 Å². The lowest BCUT2D eigenvalue weighted by Crippen LogP contribution is -2.51. The predicted octanol–water partition coefficient (Wildman–Crippen LogP) is 4.85. The fraction of sp³-hybridized carbons (Fsp3) is 0.852. The fourth-order valence-corrected chi connectivity index (χ4v) is 8.74. The topological polar surface area (TPSA) is 85.1 Å². The Morgan fingerprint density at radius 2 is 1.85 bits per heavy atom. The second kappa shape index (κ2) is 8.58. The van der Waals surface area contributed by atoms with E-state index in [2.05, 4.69) is 17.2 Å². The molecule has 6 nitrogen and oxygen atoms in total. The molecule has 6 heteroatoms. The van der Waals surface area contributed by atoms with Crippen LogP contribution in [0.3, 0.4) is 0 Å². The molecule has 0 bridgehead atoms. The van der Waals surface area contributed by atoms with E-state index >= 15 is 0 Å². The SMILES string of the molecule is CCCC(=O)c1cn(CC(=O)[C@H]2CC[C@H]3[C@@H]4CC[C@@H]5C[C@](C)(O)CC[C@@H]5[C@H]4CC[C@]23C)nn1. The second-order valence-corrected chi connectivity index (χ2v) is 12.3. The van der Waals surface area contributed by atoms with Crippen LogP contribution in [0.1, 0.15) is 102 Å². The minimum absolute atomic E-state index is 0.00208. The van der Waals surface area contributed by atoms with Crippen LogP contribution in [0.15, 0.2) is 6.20 Å². The predicted molar refractivity (Wildman–Crippen MR) is 125 cm³/mol. The molecule has 4 aliphatic rings. The summed E-state index contributed by atoms with van der Waals surface area (Å²) in [6.45, 7) is 6.62. The van der Waals surface area contributed by atoms with Crippen molar-refractivity contribution >= 4 is 11.6 Å². The molecule has 1 N–H and O–H groups in total. The third-order valence-electron chi connectivity index (χ3n) is 10.2.